The Bertz CT molecular complexity index is 526. The number of methoxy groups -OCH3 is 1. The third-order valence-electron chi connectivity index (χ3n) is 2.93. The molecule has 1 heterocycles. The maximum absolute atomic E-state index is 11.5. The first-order chi connectivity index (χ1) is 9.15. The lowest BCUT2D eigenvalue weighted by Crippen LogP contribution is -2.23. The predicted octanol–water partition coefficient (Wildman–Crippen LogP) is 2.40. The van der Waals surface area contributed by atoms with E-state index in [0.29, 0.717) is 17.4 Å². The minimum absolute atomic E-state index is 0.355. The number of rotatable bonds is 3. The van der Waals surface area contributed by atoms with E-state index in [1.54, 1.807) is 14.0 Å². The van der Waals surface area contributed by atoms with Gasteiger partial charge in [-0.3, -0.25) is 0 Å². The minimum atomic E-state index is -0.355. The summed E-state index contributed by atoms with van der Waals surface area (Å²) in [5.41, 5.74) is 2.77. The maximum Gasteiger partial charge on any atom is 0.332 e. The van der Waals surface area contributed by atoms with E-state index in [0.717, 1.165) is 29.8 Å². The highest BCUT2D eigenvalue weighted by molar-refractivity contribution is 6.32. The SMILES string of the molecule is CCOC(=O)C=C1NCCc2cc(Cl)c(OC)cc21. The van der Waals surface area contributed by atoms with Gasteiger partial charge in [0.25, 0.3) is 0 Å². The zero-order chi connectivity index (χ0) is 13.8. The van der Waals surface area contributed by atoms with E-state index in [1.165, 1.54) is 6.08 Å². The van der Waals surface area contributed by atoms with Gasteiger partial charge >= 0.3 is 5.97 Å². The Labute approximate surface area is 117 Å². The highest BCUT2D eigenvalue weighted by Crippen LogP contribution is 2.32. The molecule has 1 aromatic rings. The quantitative estimate of drug-likeness (QED) is 0.683. The van der Waals surface area contributed by atoms with Crippen molar-refractivity contribution < 1.29 is 14.3 Å². The second kappa shape index (κ2) is 5.97. The smallest absolute Gasteiger partial charge is 0.332 e. The van der Waals surface area contributed by atoms with Gasteiger partial charge in [0, 0.05) is 23.9 Å². The number of hydrogen-bond donors (Lipinski definition) is 1. The fourth-order valence-corrected chi connectivity index (χ4v) is 2.33. The molecule has 1 N–H and O–H groups in total. The van der Waals surface area contributed by atoms with E-state index < -0.39 is 0 Å². The Balaban J connectivity index is 2.40. The summed E-state index contributed by atoms with van der Waals surface area (Å²) in [6.07, 6.45) is 2.33. The Morgan fingerprint density at radius 2 is 2.32 bits per heavy atom. The molecule has 1 aliphatic heterocycles. The van der Waals surface area contributed by atoms with Gasteiger partial charge in [-0.1, -0.05) is 11.6 Å². The van der Waals surface area contributed by atoms with Gasteiger partial charge in [0.2, 0.25) is 0 Å². The van der Waals surface area contributed by atoms with Crippen LogP contribution >= 0.6 is 11.6 Å². The fraction of sp³-hybridized carbons (Fsp3) is 0.357. The van der Waals surface area contributed by atoms with Crippen LogP contribution in [-0.4, -0.2) is 26.2 Å². The largest absolute Gasteiger partial charge is 0.495 e. The van der Waals surface area contributed by atoms with Crippen LogP contribution < -0.4 is 10.1 Å². The molecule has 1 aliphatic rings. The topological polar surface area (TPSA) is 47.6 Å². The molecule has 0 unspecified atom stereocenters. The highest BCUT2D eigenvalue weighted by Gasteiger charge is 2.17. The van der Waals surface area contributed by atoms with Gasteiger partial charge in [-0.2, -0.15) is 0 Å². The van der Waals surface area contributed by atoms with Crippen molar-refractivity contribution in [2.45, 2.75) is 13.3 Å². The normalized spacial score (nSPS) is 15.6. The van der Waals surface area contributed by atoms with Crippen LogP contribution in [0.4, 0.5) is 0 Å². The summed E-state index contributed by atoms with van der Waals surface area (Å²) in [6.45, 7) is 2.90. The summed E-state index contributed by atoms with van der Waals surface area (Å²) in [7, 11) is 1.57. The standard InChI is InChI=1S/C14H16ClNO3/c1-3-19-14(17)8-12-10-7-13(18-2)11(15)6-9(10)4-5-16-12/h6-8,16H,3-5H2,1-2H3. The number of hydrogen-bond acceptors (Lipinski definition) is 4. The summed E-state index contributed by atoms with van der Waals surface area (Å²) >= 11 is 6.11. The first-order valence-electron chi connectivity index (χ1n) is 6.14. The lowest BCUT2D eigenvalue weighted by molar-refractivity contribution is -0.137. The molecule has 0 saturated heterocycles. The number of nitrogens with one attached hydrogen (secondary N) is 1. The summed E-state index contributed by atoms with van der Waals surface area (Å²) in [5, 5.41) is 3.78. The maximum atomic E-state index is 11.5. The van der Waals surface area contributed by atoms with E-state index in [-0.39, 0.29) is 5.97 Å². The Morgan fingerprint density at radius 3 is 3.00 bits per heavy atom. The molecule has 1 aromatic carbocycles. The number of esters is 1. The molecular weight excluding hydrogens is 266 g/mol. The summed E-state index contributed by atoms with van der Waals surface area (Å²) in [4.78, 5) is 11.5. The molecule has 0 fully saturated rings. The van der Waals surface area contributed by atoms with Gasteiger partial charge < -0.3 is 14.8 Å². The van der Waals surface area contributed by atoms with Crippen molar-refractivity contribution in [1.29, 1.82) is 0 Å². The van der Waals surface area contributed by atoms with Gasteiger partial charge in [0.05, 0.1) is 18.7 Å². The van der Waals surface area contributed by atoms with E-state index in [2.05, 4.69) is 5.32 Å². The molecule has 0 radical (unpaired) electrons. The average molecular weight is 282 g/mol. The number of carbonyl (C=O) groups is 1. The molecule has 0 spiro atoms. The zero-order valence-corrected chi connectivity index (χ0v) is 11.7. The fourth-order valence-electron chi connectivity index (χ4n) is 2.07. The molecule has 0 saturated carbocycles. The van der Waals surface area contributed by atoms with Crippen LogP contribution in [0.3, 0.4) is 0 Å². The van der Waals surface area contributed by atoms with E-state index in [9.17, 15) is 4.79 Å². The summed E-state index contributed by atoms with van der Waals surface area (Å²) in [5.74, 6) is 0.241. The Kier molecular flexibility index (Phi) is 4.32. The molecule has 4 nitrogen and oxygen atoms in total. The van der Waals surface area contributed by atoms with Crippen molar-refractivity contribution in [2.24, 2.45) is 0 Å². The van der Waals surface area contributed by atoms with Crippen LogP contribution in [0.2, 0.25) is 5.02 Å². The van der Waals surface area contributed by atoms with E-state index >= 15 is 0 Å². The van der Waals surface area contributed by atoms with Gasteiger partial charge in [-0.15, -0.1) is 0 Å². The van der Waals surface area contributed by atoms with Crippen LogP contribution in [-0.2, 0) is 16.0 Å². The van der Waals surface area contributed by atoms with Gasteiger partial charge in [0.1, 0.15) is 5.75 Å². The molecule has 0 atom stereocenters. The van der Waals surface area contributed by atoms with Crippen LogP contribution in [0.5, 0.6) is 5.75 Å². The van der Waals surface area contributed by atoms with Gasteiger partial charge in [-0.25, -0.2) is 4.79 Å². The number of fused-ring (bicyclic) bond motifs is 1. The third-order valence-corrected chi connectivity index (χ3v) is 3.22. The molecule has 102 valence electrons. The summed E-state index contributed by atoms with van der Waals surface area (Å²) in [6, 6.07) is 3.73. The van der Waals surface area contributed by atoms with Gasteiger partial charge in [0.15, 0.2) is 0 Å². The second-order valence-corrected chi connectivity index (χ2v) is 4.54. The second-order valence-electron chi connectivity index (χ2n) is 4.13. The molecule has 0 bridgehead atoms. The Morgan fingerprint density at radius 1 is 1.53 bits per heavy atom. The number of benzene rings is 1. The van der Waals surface area contributed by atoms with Crippen molar-refractivity contribution in [2.75, 3.05) is 20.3 Å². The molecule has 5 heteroatoms. The van der Waals surface area contributed by atoms with E-state index in [1.807, 2.05) is 12.1 Å². The van der Waals surface area contributed by atoms with Crippen LogP contribution in [0.15, 0.2) is 18.2 Å². The van der Waals surface area contributed by atoms with Crippen molar-refractivity contribution in [3.05, 3.63) is 34.4 Å². The summed E-state index contributed by atoms with van der Waals surface area (Å²) < 4.78 is 10.1. The zero-order valence-electron chi connectivity index (χ0n) is 11.0. The van der Waals surface area contributed by atoms with Crippen LogP contribution in [0.25, 0.3) is 5.70 Å². The molecule has 0 amide bonds. The highest BCUT2D eigenvalue weighted by atomic mass is 35.5. The number of halogens is 1. The molecule has 19 heavy (non-hydrogen) atoms. The van der Waals surface area contributed by atoms with Crippen molar-refractivity contribution >= 4 is 23.3 Å². The van der Waals surface area contributed by atoms with E-state index in [4.69, 9.17) is 21.1 Å². The lowest BCUT2D eigenvalue weighted by atomic mass is 9.97. The molecule has 2 rings (SSSR count). The Hall–Kier alpha value is -1.68. The van der Waals surface area contributed by atoms with Crippen molar-refractivity contribution in [3.63, 3.8) is 0 Å². The first-order valence-corrected chi connectivity index (χ1v) is 6.52. The molecular formula is C14H16ClNO3. The number of carbonyl (C=O) groups excluding carboxylic acids is 1. The third kappa shape index (κ3) is 3.01. The lowest BCUT2D eigenvalue weighted by Gasteiger charge is -2.22. The van der Waals surface area contributed by atoms with Gasteiger partial charge in [-0.05, 0) is 31.0 Å². The first kappa shape index (κ1) is 13.7. The predicted molar refractivity (Wildman–Crippen MR) is 74.3 cm³/mol. The molecule has 0 aromatic heterocycles. The number of ether oxygens (including phenoxy) is 2. The average Bonchev–Trinajstić information content (AvgIpc) is 2.38. The minimum Gasteiger partial charge on any atom is -0.495 e. The van der Waals surface area contributed by atoms with Crippen LogP contribution in [0, 0.1) is 0 Å². The van der Waals surface area contributed by atoms with Crippen molar-refractivity contribution in [1.82, 2.24) is 5.32 Å². The van der Waals surface area contributed by atoms with Crippen molar-refractivity contribution in [3.8, 4) is 5.75 Å². The van der Waals surface area contributed by atoms with Crippen LogP contribution in [0.1, 0.15) is 18.1 Å². The molecule has 0 aliphatic carbocycles. The monoisotopic (exact) mass is 281 g/mol.